The summed E-state index contributed by atoms with van der Waals surface area (Å²) in [6.45, 7) is 0. The first-order chi connectivity index (χ1) is 5.68. The summed E-state index contributed by atoms with van der Waals surface area (Å²) in [5, 5.41) is 0. The van der Waals surface area contributed by atoms with Crippen molar-refractivity contribution in [2.75, 3.05) is 0 Å². The van der Waals surface area contributed by atoms with E-state index in [1.807, 2.05) is 0 Å². The molecule has 0 aliphatic heterocycles. The Bertz CT molecular complexity index is 365. The van der Waals surface area contributed by atoms with E-state index in [1.165, 1.54) is 30.5 Å². The molecule has 3 N–H and O–H groups in total. The molecule has 0 saturated heterocycles. The Morgan fingerprint density at radius 2 is 2.33 bits per heavy atom. The van der Waals surface area contributed by atoms with E-state index in [0.29, 0.717) is 5.69 Å². The largest absolute Gasteiger partial charge is 0.366 e. The second-order valence-electron chi connectivity index (χ2n) is 2.22. The van der Waals surface area contributed by atoms with Gasteiger partial charge < -0.3 is 10.7 Å². The number of hydrogen-bond donors (Lipinski definition) is 2. The number of amides is 1. The molecule has 1 rings (SSSR count). The molecular weight excluding hydrogens is 156 g/mol. The molecule has 1 heterocycles. The highest BCUT2D eigenvalue weighted by atomic mass is 16.1. The first-order valence-corrected chi connectivity index (χ1v) is 3.35. The van der Waals surface area contributed by atoms with Crippen LogP contribution < -0.4 is 11.2 Å². The zero-order chi connectivity index (χ0) is 8.97. The maximum atomic E-state index is 10.8. The summed E-state index contributed by atoms with van der Waals surface area (Å²) < 4.78 is 0. The van der Waals surface area contributed by atoms with Gasteiger partial charge in [0.1, 0.15) is 0 Å². The molecule has 0 spiro atoms. The average molecular weight is 164 g/mol. The van der Waals surface area contributed by atoms with Gasteiger partial charge in [-0.3, -0.25) is 9.59 Å². The number of carbonyl (C=O) groups is 1. The minimum absolute atomic E-state index is 0.113. The fraction of sp³-hybridized carbons (Fsp3) is 0. The van der Waals surface area contributed by atoms with Crippen LogP contribution >= 0.6 is 0 Å². The van der Waals surface area contributed by atoms with E-state index >= 15 is 0 Å². The third kappa shape index (κ3) is 2.42. The third-order valence-corrected chi connectivity index (χ3v) is 1.22. The van der Waals surface area contributed by atoms with Crippen LogP contribution in [0, 0.1) is 0 Å². The highest BCUT2D eigenvalue weighted by molar-refractivity contribution is 5.89. The Labute approximate surface area is 68.7 Å². The zero-order valence-electron chi connectivity index (χ0n) is 6.28. The van der Waals surface area contributed by atoms with Gasteiger partial charge in [-0.25, -0.2) is 0 Å². The Kier molecular flexibility index (Phi) is 2.42. The van der Waals surface area contributed by atoms with Crippen LogP contribution in [-0.4, -0.2) is 10.9 Å². The van der Waals surface area contributed by atoms with Crippen molar-refractivity contribution in [3.8, 4) is 0 Å². The molecule has 1 aromatic heterocycles. The van der Waals surface area contributed by atoms with Gasteiger partial charge in [-0.05, 0) is 6.08 Å². The van der Waals surface area contributed by atoms with E-state index in [-0.39, 0.29) is 5.43 Å². The normalized spacial score (nSPS) is 10.3. The van der Waals surface area contributed by atoms with Crippen LogP contribution in [0.1, 0.15) is 5.69 Å². The van der Waals surface area contributed by atoms with Gasteiger partial charge in [-0.2, -0.15) is 0 Å². The molecule has 0 atom stereocenters. The van der Waals surface area contributed by atoms with Crippen molar-refractivity contribution < 1.29 is 4.79 Å². The molecule has 0 aromatic carbocycles. The first-order valence-electron chi connectivity index (χ1n) is 3.35. The summed E-state index contributed by atoms with van der Waals surface area (Å²) in [4.78, 5) is 23.8. The van der Waals surface area contributed by atoms with Crippen LogP contribution in [-0.2, 0) is 4.79 Å². The SMILES string of the molecule is NC(=O)C=Cc1cc(=O)cc[nH]1. The standard InChI is InChI=1S/C8H8N2O2/c9-8(12)2-1-6-5-7(11)3-4-10-6/h1-5H,(H2,9,12)(H,10,11). The van der Waals surface area contributed by atoms with Gasteiger partial charge in [-0.1, -0.05) is 0 Å². The lowest BCUT2D eigenvalue weighted by Crippen LogP contribution is -2.05. The van der Waals surface area contributed by atoms with Crippen LogP contribution in [0.2, 0.25) is 0 Å². The monoisotopic (exact) mass is 164 g/mol. The van der Waals surface area contributed by atoms with E-state index in [4.69, 9.17) is 5.73 Å². The second-order valence-corrected chi connectivity index (χ2v) is 2.22. The van der Waals surface area contributed by atoms with Gasteiger partial charge in [0.15, 0.2) is 5.43 Å². The molecular formula is C8H8N2O2. The third-order valence-electron chi connectivity index (χ3n) is 1.22. The topological polar surface area (TPSA) is 76.0 Å². The summed E-state index contributed by atoms with van der Waals surface area (Å²) in [7, 11) is 0. The van der Waals surface area contributed by atoms with E-state index in [2.05, 4.69) is 4.98 Å². The van der Waals surface area contributed by atoms with Crippen molar-refractivity contribution in [3.05, 3.63) is 40.3 Å². The molecule has 0 bridgehead atoms. The summed E-state index contributed by atoms with van der Waals surface area (Å²) >= 11 is 0. The number of nitrogens with one attached hydrogen (secondary N) is 1. The molecule has 4 heteroatoms. The summed E-state index contributed by atoms with van der Waals surface area (Å²) in [6.07, 6.45) is 4.14. The molecule has 12 heavy (non-hydrogen) atoms. The van der Waals surface area contributed by atoms with Gasteiger partial charge in [0.05, 0.1) is 0 Å². The quantitative estimate of drug-likeness (QED) is 0.597. The summed E-state index contributed by atoms with van der Waals surface area (Å²) in [5.41, 5.74) is 5.30. The van der Waals surface area contributed by atoms with E-state index in [0.717, 1.165) is 0 Å². The Balaban J connectivity index is 2.90. The predicted octanol–water partition coefficient (Wildman–Crippen LogP) is -0.127. The van der Waals surface area contributed by atoms with Crippen molar-refractivity contribution in [1.82, 2.24) is 4.98 Å². The van der Waals surface area contributed by atoms with Crippen LogP contribution in [0.4, 0.5) is 0 Å². The lowest BCUT2D eigenvalue weighted by atomic mass is 10.3. The maximum absolute atomic E-state index is 10.8. The van der Waals surface area contributed by atoms with Crippen molar-refractivity contribution in [2.24, 2.45) is 5.73 Å². The molecule has 4 nitrogen and oxygen atoms in total. The number of carbonyl (C=O) groups excluding carboxylic acids is 1. The smallest absolute Gasteiger partial charge is 0.241 e. The number of aromatic amines is 1. The van der Waals surface area contributed by atoms with E-state index < -0.39 is 5.91 Å². The van der Waals surface area contributed by atoms with Crippen LogP contribution in [0.3, 0.4) is 0 Å². The highest BCUT2D eigenvalue weighted by Gasteiger charge is 1.88. The minimum Gasteiger partial charge on any atom is -0.366 e. The maximum Gasteiger partial charge on any atom is 0.241 e. The lowest BCUT2D eigenvalue weighted by molar-refractivity contribution is -0.113. The fourth-order valence-electron chi connectivity index (χ4n) is 0.731. The van der Waals surface area contributed by atoms with Crippen molar-refractivity contribution >= 4 is 12.0 Å². The Hall–Kier alpha value is -1.84. The van der Waals surface area contributed by atoms with Crippen molar-refractivity contribution in [2.45, 2.75) is 0 Å². The molecule has 62 valence electrons. The highest BCUT2D eigenvalue weighted by Crippen LogP contribution is 1.91. The molecule has 0 unspecified atom stereocenters. The number of hydrogen-bond acceptors (Lipinski definition) is 2. The molecule has 0 radical (unpaired) electrons. The molecule has 0 aliphatic carbocycles. The number of H-pyrrole nitrogens is 1. The fourth-order valence-corrected chi connectivity index (χ4v) is 0.731. The van der Waals surface area contributed by atoms with Gasteiger partial charge in [0.25, 0.3) is 0 Å². The van der Waals surface area contributed by atoms with Crippen LogP contribution in [0.5, 0.6) is 0 Å². The number of nitrogens with two attached hydrogens (primary N) is 1. The molecule has 0 fully saturated rings. The number of aromatic nitrogens is 1. The zero-order valence-corrected chi connectivity index (χ0v) is 6.28. The van der Waals surface area contributed by atoms with Gasteiger partial charge >= 0.3 is 0 Å². The summed E-state index contributed by atoms with van der Waals surface area (Å²) in [6, 6.07) is 2.76. The number of pyridine rings is 1. The number of rotatable bonds is 2. The first kappa shape index (κ1) is 8.26. The van der Waals surface area contributed by atoms with Crippen LogP contribution in [0.15, 0.2) is 29.2 Å². The molecule has 1 aromatic rings. The predicted molar refractivity (Wildman–Crippen MR) is 45.3 cm³/mol. The van der Waals surface area contributed by atoms with Crippen LogP contribution in [0.25, 0.3) is 6.08 Å². The van der Waals surface area contributed by atoms with E-state index in [9.17, 15) is 9.59 Å². The van der Waals surface area contributed by atoms with Crippen molar-refractivity contribution in [3.63, 3.8) is 0 Å². The molecule has 1 amide bonds. The molecule has 0 saturated carbocycles. The van der Waals surface area contributed by atoms with Crippen molar-refractivity contribution in [1.29, 1.82) is 0 Å². The Morgan fingerprint density at radius 1 is 1.58 bits per heavy atom. The van der Waals surface area contributed by atoms with Gasteiger partial charge in [-0.15, -0.1) is 0 Å². The second kappa shape index (κ2) is 3.52. The van der Waals surface area contributed by atoms with Gasteiger partial charge in [0.2, 0.25) is 5.91 Å². The molecule has 0 aliphatic rings. The van der Waals surface area contributed by atoms with Gasteiger partial charge in [0, 0.05) is 30.1 Å². The minimum atomic E-state index is -0.542. The summed E-state index contributed by atoms with van der Waals surface area (Å²) in [5.74, 6) is -0.542. The Morgan fingerprint density at radius 3 is 2.92 bits per heavy atom. The van der Waals surface area contributed by atoms with E-state index in [1.54, 1.807) is 0 Å². The number of primary amides is 1. The average Bonchev–Trinajstić information content (AvgIpc) is 2.01. The lowest BCUT2D eigenvalue weighted by Gasteiger charge is -1.89.